The molecule has 0 aliphatic carbocycles. The van der Waals surface area contributed by atoms with Gasteiger partial charge in [-0.2, -0.15) is 11.8 Å². The predicted octanol–water partition coefficient (Wildman–Crippen LogP) is 3.24. The molecule has 1 N–H and O–H groups in total. The van der Waals surface area contributed by atoms with Crippen molar-refractivity contribution in [3.63, 3.8) is 0 Å². The topological polar surface area (TPSA) is 46.2 Å². The van der Waals surface area contributed by atoms with Gasteiger partial charge in [0.15, 0.2) is 0 Å². The van der Waals surface area contributed by atoms with Crippen molar-refractivity contribution in [2.45, 2.75) is 32.7 Å². The van der Waals surface area contributed by atoms with Crippen molar-refractivity contribution in [3.05, 3.63) is 35.4 Å². The van der Waals surface area contributed by atoms with Crippen LogP contribution in [-0.4, -0.2) is 38.5 Å². The highest BCUT2D eigenvalue weighted by Crippen LogP contribution is 2.21. The standard InChI is InChI=1S/C16H27NO2S2/c1-5-17-16(12-20-10-11-21(4,18)19)15-8-6-14(7-9-15)13(2)3/h6-9,13,16-17H,5,10-12H2,1-4H3. The van der Waals surface area contributed by atoms with Crippen molar-refractivity contribution in [2.24, 2.45) is 0 Å². The van der Waals surface area contributed by atoms with Crippen LogP contribution in [0.5, 0.6) is 0 Å². The molecule has 0 radical (unpaired) electrons. The average molecular weight is 330 g/mol. The smallest absolute Gasteiger partial charge is 0.148 e. The molecular formula is C16H27NO2S2. The highest BCUT2D eigenvalue weighted by molar-refractivity contribution is 8.00. The zero-order valence-corrected chi connectivity index (χ0v) is 15.1. The Bertz CT molecular complexity index is 510. The van der Waals surface area contributed by atoms with Gasteiger partial charge in [-0.25, -0.2) is 8.42 Å². The molecule has 0 fully saturated rings. The van der Waals surface area contributed by atoms with Gasteiger partial charge in [-0.1, -0.05) is 45.0 Å². The van der Waals surface area contributed by atoms with Crippen LogP contribution in [0.4, 0.5) is 0 Å². The van der Waals surface area contributed by atoms with Crippen molar-refractivity contribution in [3.8, 4) is 0 Å². The van der Waals surface area contributed by atoms with Crippen molar-refractivity contribution in [1.29, 1.82) is 0 Å². The van der Waals surface area contributed by atoms with Gasteiger partial charge in [0.05, 0.1) is 5.75 Å². The van der Waals surface area contributed by atoms with E-state index in [2.05, 4.69) is 50.4 Å². The Morgan fingerprint density at radius 1 is 1.14 bits per heavy atom. The van der Waals surface area contributed by atoms with Gasteiger partial charge >= 0.3 is 0 Å². The minimum atomic E-state index is -2.86. The molecule has 0 aliphatic heterocycles. The van der Waals surface area contributed by atoms with Crippen molar-refractivity contribution >= 4 is 21.6 Å². The zero-order valence-electron chi connectivity index (χ0n) is 13.4. The highest BCUT2D eigenvalue weighted by atomic mass is 32.2. The first-order valence-corrected chi connectivity index (χ1v) is 10.6. The van der Waals surface area contributed by atoms with Crippen LogP contribution < -0.4 is 5.32 Å². The number of thioether (sulfide) groups is 1. The number of rotatable bonds is 9. The van der Waals surface area contributed by atoms with Gasteiger partial charge < -0.3 is 5.32 Å². The van der Waals surface area contributed by atoms with E-state index in [1.54, 1.807) is 11.8 Å². The number of hydrogen-bond donors (Lipinski definition) is 1. The lowest BCUT2D eigenvalue weighted by molar-refractivity contribution is 0.602. The van der Waals surface area contributed by atoms with Crippen molar-refractivity contribution < 1.29 is 8.42 Å². The van der Waals surface area contributed by atoms with Gasteiger partial charge in [-0.15, -0.1) is 0 Å². The lowest BCUT2D eigenvalue weighted by atomic mass is 9.99. The summed E-state index contributed by atoms with van der Waals surface area (Å²) >= 11 is 1.69. The van der Waals surface area contributed by atoms with E-state index >= 15 is 0 Å². The van der Waals surface area contributed by atoms with Gasteiger partial charge in [0.25, 0.3) is 0 Å². The molecule has 120 valence electrons. The van der Waals surface area contributed by atoms with E-state index in [1.165, 1.54) is 17.4 Å². The monoisotopic (exact) mass is 329 g/mol. The molecule has 0 spiro atoms. The quantitative estimate of drug-likeness (QED) is 0.707. The van der Waals surface area contributed by atoms with Gasteiger partial charge in [0.2, 0.25) is 0 Å². The Morgan fingerprint density at radius 2 is 1.71 bits per heavy atom. The third-order valence-corrected chi connectivity index (χ3v) is 5.60. The third-order valence-electron chi connectivity index (χ3n) is 3.34. The first-order chi connectivity index (χ1) is 9.83. The summed E-state index contributed by atoms with van der Waals surface area (Å²) in [5.74, 6) is 2.35. The van der Waals surface area contributed by atoms with Gasteiger partial charge in [0.1, 0.15) is 9.84 Å². The van der Waals surface area contributed by atoms with E-state index in [0.29, 0.717) is 11.7 Å². The molecule has 1 rings (SSSR count). The van der Waals surface area contributed by atoms with Crippen LogP contribution in [-0.2, 0) is 9.84 Å². The van der Waals surface area contributed by atoms with Gasteiger partial charge in [-0.05, 0) is 23.6 Å². The van der Waals surface area contributed by atoms with Crippen LogP contribution in [0.2, 0.25) is 0 Å². The van der Waals surface area contributed by atoms with Gasteiger partial charge in [0, 0.05) is 23.8 Å². The molecule has 1 aromatic rings. The second kappa shape index (κ2) is 8.81. The SMILES string of the molecule is CCNC(CSCCS(C)(=O)=O)c1ccc(C(C)C)cc1. The molecular weight excluding hydrogens is 302 g/mol. The average Bonchev–Trinajstić information content (AvgIpc) is 2.41. The first kappa shape index (κ1) is 18.5. The Morgan fingerprint density at radius 3 is 2.19 bits per heavy atom. The number of sulfone groups is 1. The largest absolute Gasteiger partial charge is 0.310 e. The summed E-state index contributed by atoms with van der Waals surface area (Å²) in [6.45, 7) is 7.38. The normalized spacial score (nSPS) is 13.6. The van der Waals surface area contributed by atoms with Crippen LogP contribution in [0, 0.1) is 0 Å². The number of hydrogen-bond acceptors (Lipinski definition) is 4. The van der Waals surface area contributed by atoms with E-state index in [1.807, 2.05) is 0 Å². The molecule has 21 heavy (non-hydrogen) atoms. The molecule has 0 saturated carbocycles. The third kappa shape index (κ3) is 7.34. The van der Waals surface area contributed by atoms with E-state index in [-0.39, 0.29) is 11.8 Å². The maximum Gasteiger partial charge on any atom is 0.148 e. The fourth-order valence-corrected chi connectivity index (χ4v) is 4.44. The van der Waals surface area contributed by atoms with Crippen LogP contribution in [0.1, 0.15) is 43.9 Å². The van der Waals surface area contributed by atoms with Gasteiger partial charge in [-0.3, -0.25) is 0 Å². The molecule has 0 aromatic heterocycles. The predicted molar refractivity (Wildman–Crippen MR) is 94.0 cm³/mol. The molecule has 0 bridgehead atoms. The molecule has 1 atom stereocenters. The summed E-state index contributed by atoms with van der Waals surface area (Å²) in [6, 6.07) is 9.01. The second-order valence-corrected chi connectivity index (χ2v) is 9.05. The highest BCUT2D eigenvalue weighted by Gasteiger charge is 2.11. The van der Waals surface area contributed by atoms with Crippen molar-refractivity contribution in [1.82, 2.24) is 5.32 Å². The second-order valence-electron chi connectivity index (χ2n) is 5.64. The number of benzene rings is 1. The first-order valence-electron chi connectivity index (χ1n) is 7.42. The maximum atomic E-state index is 11.1. The molecule has 1 aromatic carbocycles. The lowest BCUT2D eigenvalue weighted by Crippen LogP contribution is -2.23. The Kier molecular flexibility index (Phi) is 7.77. The Hall–Kier alpha value is -0.520. The molecule has 5 heteroatoms. The summed E-state index contributed by atoms with van der Waals surface area (Å²) in [4.78, 5) is 0. The zero-order chi connectivity index (χ0) is 15.9. The molecule has 0 aliphatic rings. The fourth-order valence-electron chi connectivity index (χ4n) is 2.04. The number of nitrogens with one attached hydrogen (secondary N) is 1. The van der Waals surface area contributed by atoms with E-state index < -0.39 is 9.84 Å². The molecule has 3 nitrogen and oxygen atoms in total. The molecule has 0 saturated heterocycles. The summed E-state index contributed by atoms with van der Waals surface area (Å²) in [7, 11) is -2.86. The molecule has 0 amide bonds. The maximum absolute atomic E-state index is 11.1. The van der Waals surface area contributed by atoms with Crippen molar-refractivity contribution in [2.75, 3.05) is 30.1 Å². The Balaban J connectivity index is 2.59. The van der Waals surface area contributed by atoms with Crippen LogP contribution in [0.15, 0.2) is 24.3 Å². The Labute approximate surface area is 133 Å². The minimum absolute atomic E-state index is 0.253. The summed E-state index contributed by atoms with van der Waals surface area (Å²) < 4.78 is 22.3. The van der Waals surface area contributed by atoms with E-state index in [9.17, 15) is 8.42 Å². The van der Waals surface area contributed by atoms with Crippen LogP contribution in [0.3, 0.4) is 0 Å². The van der Waals surface area contributed by atoms with Crippen LogP contribution >= 0.6 is 11.8 Å². The van der Waals surface area contributed by atoms with E-state index in [4.69, 9.17) is 0 Å². The summed E-state index contributed by atoms with van der Waals surface area (Å²) in [6.07, 6.45) is 1.29. The lowest BCUT2D eigenvalue weighted by Gasteiger charge is -2.19. The summed E-state index contributed by atoms with van der Waals surface area (Å²) in [5, 5.41) is 3.47. The van der Waals surface area contributed by atoms with Crippen LogP contribution in [0.25, 0.3) is 0 Å². The fraction of sp³-hybridized carbons (Fsp3) is 0.625. The summed E-state index contributed by atoms with van der Waals surface area (Å²) in [5.41, 5.74) is 2.62. The molecule has 0 heterocycles. The molecule has 1 unspecified atom stereocenters. The van der Waals surface area contributed by atoms with E-state index in [0.717, 1.165) is 12.3 Å². The minimum Gasteiger partial charge on any atom is -0.310 e.